The number of ether oxygens (including phenoxy) is 1. The molecule has 2 heterocycles. The molecule has 2 N–H and O–H groups in total. The highest BCUT2D eigenvalue weighted by Gasteiger charge is 2.45. The Hall–Kier alpha value is -2.13. The fourth-order valence-corrected chi connectivity index (χ4v) is 4.98. The molecule has 7 nitrogen and oxygen atoms in total. The number of nitrogens with zero attached hydrogens (tertiary/aromatic N) is 2. The van der Waals surface area contributed by atoms with Gasteiger partial charge in [-0.25, -0.2) is 4.79 Å². The van der Waals surface area contributed by atoms with E-state index >= 15 is 0 Å². The standard InChI is InChI=1S/C22H26ClN3O4S/c1-25(10-11-27)14-22(8-9-22)15-2-4-16(5-3-15)26-13-17(30-21(26)29)12-24-20(28)18-6-7-19(23)31-18/h2-7,17,27H,8-14H2,1H3,(H,24,28). The van der Waals surface area contributed by atoms with Gasteiger partial charge in [0.1, 0.15) is 6.10 Å². The second-order valence-corrected chi connectivity index (χ2v) is 9.93. The topological polar surface area (TPSA) is 82.1 Å². The number of halogens is 1. The van der Waals surface area contributed by atoms with Crippen molar-refractivity contribution in [1.82, 2.24) is 10.2 Å². The van der Waals surface area contributed by atoms with Gasteiger partial charge in [0.25, 0.3) is 5.91 Å². The molecule has 1 atom stereocenters. The molecule has 9 heteroatoms. The summed E-state index contributed by atoms with van der Waals surface area (Å²) in [6.07, 6.45) is 1.44. The van der Waals surface area contributed by atoms with Crippen LogP contribution in [0.3, 0.4) is 0 Å². The Bertz CT molecular complexity index is 944. The lowest BCUT2D eigenvalue weighted by atomic mass is 9.95. The van der Waals surface area contributed by atoms with Gasteiger partial charge < -0.3 is 20.1 Å². The molecule has 2 fully saturated rings. The molecule has 1 saturated carbocycles. The zero-order valence-corrected chi connectivity index (χ0v) is 18.9. The fourth-order valence-electron chi connectivity index (χ4n) is 4.02. The second-order valence-electron chi connectivity index (χ2n) is 8.22. The molecule has 2 amide bonds. The van der Waals surface area contributed by atoms with E-state index in [9.17, 15) is 9.59 Å². The van der Waals surface area contributed by atoms with Crippen molar-refractivity contribution in [2.45, 2.75) is 24.4 Å². The Labute approximate surface area is 190 Å². The zero-order valence-electron chi connectivity index (χ0n) is 17.3. The van der Waals surface area contributed by atoms with E-state index in [0.29, 0.717) is 22.3 Å². The van der Waals surface area contributed by atoms with E-state index in [0.717, 1.165) is 25.1 Å². The molecule has 1 aromatic heterocycles. The Morgan fingerprint density at radius 1 is 1.32 bits per heavy atom. The Morgan fingerprint density at radius 3 is 2.68 bits per heavy atom. The maximum absolute atomic E-state index is 12.4. The Morgan fingerprint density at radius 2 is 2.06 bits per heavy atom. The molecule has 0 radical (unpaired) electrons. The van der Waals surface area contributed by atoms with Gasteiger partial charge in [-0.2, -0.15) is 0 Å². The van der Waals surface area contributed by atoms with Gasteiger partial charge in [-0.3, -0.25) is 9.69 Å². The van der Waals surface area contributed by atoms with Gasteiger partial charge in [0.15, 0.2) is 0 Å². The van der Waals surface area contributed by atoms with Crippen molar-refractivity contribution in [2.24, 2.45) is 0 Å². The monoisotopic (exact) mass is 463 g/mol. The first-order valence-corrected chi connectivity index (χ1v) is 11.5. The average Bonchev–Trinajstić information content (AvgIpc) is 3.22. The summed E-state index contributed by atoms with van der Waals surface area (Å²) in [7, 11) is 2.02. The molecule has 1 aliphatic heterocycles. The van der Waals surface area contributed by atoms with Crippen LogP contribution >= 0.6 is 22.9 Å². The van der Waals surface area contributed by atoms with Crippen LogP contribution in [-0.2, 0) is 10.2 Å². The lowest BCUT2D eigenvalue weighted by Gasteiger charge is -2.24. The number of carbonyl (C=O) groups is 2. The number of benzene rings is 1. The lowest BCUT2D eigenvalue weighted by molar-refractivity contribution is 0.0920. The number of amides is 2. The van der Waals surface area contributed by atoms with Gasteiger partial charge in [-0.1, -0.05) is 23.7 Å². The predicted molar refractivity (Wildman–Crippen MR) is 121 cm³/mol. The van der Waals surface area contributed by atoms with Crippen LogP contribution in [0, 0.1) is 0 Å². The molecule has 4 rings (SSSR count). The van der Waals surface area contributed by atoms with Crippen LogP contribution in [0.5, 0.6) is 0 Å². The number of hydrogen-bond acceptors (Lipinski definition) is 6. The van der Waals surface area contributed by atoms with Crippen LogP contribution in [0.1, 0.15) is 28.1 Å². The van der Waals surface area contributed by atoms with Gasteiger partial charge in [0.2, 0.25) is 0 Å². The van der Waals surface area contributed by atoms with Crippen LogP contribution in [0.4, 0.5) is 10.5 Å². The summed E-state index contributed by atoms with van der Waals surface area (Å²) >= 11 is 7.08. The number of rotatable bonds is 9. The maximum atomic E-state index is 12.4. The number of thiophene rings is 1. The highest BCUT2D eigenvalue weighted by molar-refractivity contribution is 7.18. The molecule has 2 aliphatic rings. The highest BCUT2D eigenvalue weighted by atomic mass is 35.5. The normalized spacial score (nSPS) is 19.5. The number of anilines is 1. The molecule has 166 valence electrons. The average molecular weight is 464 g/mol. The van der Waals surface area contributed by atoms with E-state index in [1.165, 1.54) is 16.9 Å². The minimum atomic E-state index is -0.409. The lowest BCUT2D eigenvalue weighted by Crippen LogP contribution is -2.34. The summed E-state index contributed by atoms with van der Waals surface area (Å²) in [5.74, 6) is -0.225. The molecular formula is C22H26ClN3O4S. The van der Waals surface area contributed by atoms with Crippen molar-refractivity contribution in [1.29, 1.82) is 0 Å². The number of hydrogen-bond donors (Lipinski definition) is 2. The van der Waals surface area contributed by atoms with Gasteiger partial charge in [-0.15, -0.1) is 11.3 Å². The zero-order chi connectivity index (χ0) is 22.0. The first-order valence-electron chi connectivity index (χ1n) is 10.3. The smallest absolute Gasteiger partial charge is 0.414 e. The molecule has 1 saturated heterocycles. The summed E-state index contributed by atoms with van der Waals surface area (Å²) in [5, 5.41) is 11.9. The minimum Gasteiger partial charge on any atom is -0.442 e. The summed E-state index contributed by atoms with van der Waals surface area (Å²) in [6, 6.07) is 11.4. The van der Waals surface area contributed by atoms with Crippen LogP contribution in [0.25, 0.3) is 0 Å². The molecule has 0 bridgehead atoms. The van der Waals surface area contributed by atoms with Crippen molar-refractivity contribution < 1.29 is 19.4 Å². The number of likely N-dealkylation sites (N-methyl/N-ethyl adjacent to an activating group) is 1. The van der Waals surface area contributed by atoms with E-state index in [1.807, 2.05) is 19.2 Å². The van der Waals surface area contributed by atoms with E-state index in [1.54, 1.807) is 17.0 Å². The van der Waals surface area contributed by atoms with E-state index in [-0.39, 0.29) is 24.5 Å². The van der Waals surface area contributed by atoms with Crippen LogP contribution in [0.2, 0.25) is 4.34 Å². The molecule has 1 unspecified atom stereocenters. The molecule has 2 aromatic rings. The van der Waals surface area contributed by atoms with Crippen molar-refractivity contribution in [3.05, 3.63) is 51.2 Å². The first-order chi connectivity index (χ1) is 14.9. The molecule has 1 aliphatic carbocycles. The summed E-state index contributed by atoms with van der Waals surface area (Å²) in [5.41, 5.74) is 2.19. The quantitative estimate of drug-likeness (QED) is 0.597. The van der Waals surface area contributed by atoms with Gasteiger partial charge >= 0.3 is 6.09 Å². The second kappa shape index (κ2) is 9.16. The molecular weight excluding hydrogens is 438 g/mol. The van der Waals surface area contributed by atoms with Crippen molar-refractivity contribution in [2.75, 3.05) is 44.7 Å². The van der Waals surface area contributed by atoms with E-state index < -0.39 is 12.2 Å². The van der Waals surface area contributed by atoms with Gasteiger partial charge in [-0.05, 0) is 49.7 Å². The number of nitrogens with one attached hydrogen (secondary N) is 1. The van der Waals surface area contributed by atoms with E-state index in [2.05, 4.69) is 22.3 Å². The number of cyclic esters (lactones) is 1. The number of aliphatic hydroxyl groups is 1. The molecule has 1 aromatic carbocycles. The summed E-state index contributed by atoms with van der Waals surface area (Å²) < 4.78 is 5.98. The van der Waals surface area contributed by atoms with Crippen LogP contribution in [-0.4, -0.2) is 67.9 Å². The summed E-state index contributed by atoms with van der Waals surface area (Å²) in [6.45, 7) is 2.36. The van der Waals surface area contributed by atoms with Crippen molar-refractivity contribution in [3.63, 3.8) is 0 Å². The Balaban J connectivity index is 1.33. The first kappa shape index (κ1) is 22.1. The van der Waals surface area contributed by atoms with Gasteiger partial charge in [0.05, 0.1) is 28.9 Å². The predicted octanol–water partition coefficient (Wildman–Crippen LogP) is 3.11. The maximum Gasteiger partial charge on any atom is 0.414 e. The Kier molecular flexibility index (Phi) is 6.52. The third kappa shape index (κ3) is 5.03. The van der Waals surface area contributed by atoms with E-state index in [4.69, 9.17) is 21.4 Å². The van der Waals surface area contributed by atoms with Gasteiger partial charge in [0, 0.05) is 24.2 Å². The third-order valence-corrected chi connectivity index (χ3v) is 7.09. The summed E-state index contributed by atoms with van der Waals surface area (Å²) in [4.78, 5) is 28.8. The fraction of sp³-hybridized carbons (Fsp3) is 0.455. The number of carbonyl (C=O) groups excluding carboxylic acids is 2. The molecule has 31 heavy (non-hydrogen) atoms. The van der Waals surface area contributed by atoms with Crippen molar-refractivity contribution >= 4 is 40.6 Å². The van der Waals surface area contributed by atoms with Crippen LogP contribution < -0.4 is 10.2 Å². The number of aliphatic hydroxyl groups excluding tert-OH is 1. The largest absolute Gasteiger partial charge is 0.442 e. The third-order valence-electron chi connectivity index (χ3n) is 5.86. The van der Waals surface area contributed by atoms with Crippen LogP contribution in [0.15, 0.2) is 36.4 Å². The van der Waals surface area contributed by atoms with Crippen molar-refractivity contribution in [3.8, 4) is 0 Å². The highest BCUT2D eigenvalue weighted by Crippen LogP contribution is 2.49. The SMILES string of the molecule is CN(CCO)CC1(c2ccc(N3CC(CNC(=O)c4ccc(Cl)s4)OC3=O)cc2)CC1. The molecule has 0 spiro atoms. The minimum absolute atomic E-state index is 0.144.